The fraction of sp³-hybridized carbons (Fsp3) is 0.600. The zero-order valence-corrected chi connectivity index (χ0v) is 12.3. The Morgan fingerprint density at radius 2 is 1.81 bits per heavy atom. The Kier molecular flexibility index (Phi) is 4.78. The van der Waals surface area contributed by atoms with E-state index in [4.69, 9.17) is 0 Å². The molecule has 118 valence electrons. The van der Waals surface area contributed by atoms with Crippen LogP contribution in [0.1, 0.15) is 24.1 Å². The van der Waals surface area contributed by atoms with Crippen molar-refractivity contribution in [3.63, 3.8) is 0 Å². The molecule has 1 aliphatic heterocycles. The number of nitrogens with zero attached hydrogens (tertiary/aromatic N) is 2. The third-order valence-electron chi connectivity index (χ3n) is 3.99. The Bertz CT molecular complexity index is 482. The zero-order valence-electron chi connectivity index (χ0n) is 12.3. The second-order valence-electron chi connectivity index (χ2n) is 5.67. The second kappa shape index (κ2) is 6.23. The third kappa shape index (κ3) is 4.35. The summed E-state index contributed by atoms with van der Waals surface area (Å²) in [6.07, 6.45) is -4.14. The normalized spacial score (nSPS) is 19.7. The van der Waals surface area contributed by atoms with Gasteiger partial charge in [-0.3, -0.25) is 9.80 Å². The summed E-state index contributed by atoms with van der Waals surface area (Å²) in [4.78, 5) is 3.54. The number of phenols is 1. The number of alkyl halides is 3. The molecular weight excluding hydrogens is 281 g/mol. The smallest absolute Gasteiger partial charge is 0.401 e. The van der Waals surface area contributed by atoms with Crippen LogP contribution in [0.4, 0.5) is 13.2 Å². The van der Waals surface area contributed by atoms with Crippen molar-refractivity contribution in [3.8, 4) is 5.75 Å². The number of piperazine rings is 1. The van der Waals surface area contributed by atoms with E-state index in [-0.39, 0.29) is 11.8 Å². The second-order valence-corrected chi connectivity index (χ2v) is 5.67. The van der Waals surface area contributed by atoms with Gasteiger partial charge in [0.05, 0.1) is 6.54 Å². The fourth-order valence-electron chi connectivity index (χ4n) is 2.77. The molecule has 1 fully saturated rings. The summed E-state index contributed by atoms with van der Waals surface area (Å²) in [5.41, 5.74) is 1.81. The van der Waals surface area contributed by atoms with Crippen LogP contribution in [-0.2, 0) is 0 Å². The summed E-state index contributed by atoms with van der Waals surface area (Å²) in [7, 11) is 0. The Morgan fingerprint density at radius 1 is 1.19 bits per heavy atom. The first-order valence-electron chi connectivity index (χ1n) is 7.09. The van der Waals surface area contributed by atoms with Gasteiger partial charge in [0, 0.05) is 37.8 Å². The molecule has 1 heterocycles. The summed E-state index contributed by atoms with van der Waals surface area (Å²) in [6, 6.07) is 5.54. The predicted molar refractivity (Wildman–Crippen MR) is 75.3 cm³/mol. The van der Waals surface area contributed by atoms with E-state index in [0.717, 1.165) is 11.1 Å². The maximum atomic E-state index is 12.4. The Hall–Kier alpha value is -1.27. The number of hydrogen-bond acceptors (Lipinski definition) is 3. The highest BCUT2D eigenvalue weighted by Gasteiger charge is 2.33. The standard InChI is InChI=1S/C15H21F3N2O/c1-11-3-4-13(14(21)9-11)12(2)20-7-5-19(6-8-20)10-15(16,17)18/h3-4,9,12,21H,5-8,10H2,1-2H3. The van der Waals surface area contributed by atoms with E-state index < -0.39 is 12.7 Å². The van der Waals surface area contributed by atoms with Crippen LogP contribution in [0.15, 0.2) is 18.2 Å². The van der Waals surface area contributed by atoms with Crippen molar-refractivity contribution in [1.82, 2.24) is 9.80 Å². The molecule has 0 amide bonds. The largest absolute Gasteiger partial charge is 0.508 e. The average Bonchev–Trinajstić information content (AvgIpc) is 2.37. The third-order valence-corrected chi connectivity index (χ3v) is 3.99. The lowest BCUT2D eigenvalue weighted by Crippen LogP contribution is -2.49. The zero-order chi connectivity index (χ0) is 15.6. The van der Waals surface area contributed by atoms with Gasteiger partial charge >= 0.3 is 6.18 Å². The monoisotopic (exact) mass is 302 g/mol. The molecule has 1 atom stereocenters. The van der Waals surface area contributed by atoms with E-state index in [1.165, 1.54) is 4.90 Å². The number of aromatic hydroxyl groups is 1. The van der Waals surface area contributed by atoms with Gasteiger partial charge < -0.3 is 5.11 Å². The predicted octanol–water partition coefficient (Wildman–Crippen LogP) is 2.94. The van der Waals surface area contributed by atoms with Gasteiger partial charge in [-0.25, -0.2) is 0 Å². The molecule has 0 radical (unpaired) electrons. The molecule has 1 aromatic carbocycles. The highest BCUT2D eigenvalue weighted by molar-refractivity contribution is 5.37. The number of rotatable bonds is 3. The molecule has 0 aliphatic carbocycles. The lowest BCUT2D eigenvalue weighted by Gasteiger charge is -2.38. The molecule has 0 bridgehead atoms. The molecule has 1 saturated heterocycles. The molecule has 1 unspecified atom stereocenters. The summed E-state index contributed by atoms with van der Waals surface area (Å²) < 4.78 is 37.1. The quantitative estimate of drug-likeness (QED) is 0.930. The lowest BCUT2D eigenvalue weighted by atomic mass is 10.0. The number of benzene rings is 1. The lowest BCUT2D eigenvalue weighted by molar-refractivity contribution is -0.149. The van der Waals surface area contributed by atoms with Gasteiger partial charge in [-0.2, -0.15) is 13.2 Å². The summed E-state index contributed by atoms with van der Waals surface area (Å²) in [5.74, 6) is 0.250. The summed E-state index contributed by atoms with van der Waals surface area (Å²) in [6.45, 7) is 4.99. The van der Waals surface area contributed by atoms with Gasteiger partial charge in [0.1, 0.15) is 5.75 Å². The van der Waals surface area contributed by atoms with Crippen LogP contribution in [0.25, 0.3) is 0 Å². The first-order chi connectivity index (χ1) is 9.76. The first kappa shape index (κ1) is 16.1. The highest BCUT2D eigenvalue weighted by atomic mass is 19.4. The Morgan fingerprint density at radius 3 is 2.33 bits per heavy atom. The average molecular weight is 302 g/mol. The van der Waals surface area contributed by atoms with Crippen LogP contribution < -0.4 is 0 Å². The fourth-order valence-corrected chi connectivity index (χ4v) is 2.77. The van der Waals surface area contributed by atoms with Crippen molar-refractivity contribution in [3.05, 3.63) is 29.3 Å². The van der Waals surface area contributed by atoms with Crippen LogP contribution in [0.5, 0.6) is 5.75 Å². The van der Waals surface area contributed by atoms with Crippen LogP contribution in [0.3, 0.4) is 0 Å². The minimum absolute atomic E-state index is 0.00126. The molecular formula is C15H21F3N2O. The molecule has 1 aromatic rings. The van der Waals surface area contributed by atoms with Gasteiger partial charge in [-0.15, -0.1) is 0 Å². The van der Waals surface area contributed by atoms with Crippen molar-refractivity contribution in [1.29, 1.82) is 0 Å². The molecule has 6 heteroatoms. The molecule has 1 aliphatic rings. The number of halogens is 3. The Balaban J connectivity index is 1.95. The number of aryl methyl sites for hydroxylation is 1. The van der Waals surface area contributed by atoms with E-state index in [0.29, 0.717) is 26.2 Å². The van der Waals surface area contributed by atoms with E-state index in [9.17, 15) is 18.3 Å². The number of phenolic OH excluding ortho intramolecular Hbond substituents is 1. The topological polar surface area (TPSA) is 26.7 Å². The van der Waals surface area contributed by atoms with Crippen molar-refractivity contribution >= 4 is 0 Å². The van der Waals surface area contributed by atoms with E-state index in [2.05, 4.69) is 4.90 Å². The maximum Gasteiger partial charge on any atom is 0.401 e. The van der Waals surface area contributed by atoms with Crippen LogP contribution in [0, 0.1) is 6.92 Å². The van der Waals surface area contributed by atoms with Crippen molar-refractivity contribution in [2.24, 2.45) is 0 Å². The van der Waals surface area contributed by atoms with E-state index in [1.54, 1.807) is 6.07 Å². The van der Waals surface area contributed by atoms with Crippen LogP contribution >= 0.6 is 0 Å². The van der Waals surface area contributed by atoms with Gasteiger partial charge in [0.25, 0.3) is 0 Å². The molecule has 21 heavy (non-hydrogen) atoms. The minimum Gasteiger partial charge on any atom is -0.508 e. The minimum atomic E-state index is -4.14. The molecule has 1 N–H and O–H groups in total. The molecule has 3 nitrogen and oxygen atoms in total. The molecule has 0 spiro atoms. The SMILES string of the molecule is Cc1ccc(C(C)N2CCN(CC(F)(F)F)CC2)c(O)c1. The van der Waals surface area contributed by atoms with Gasteiger partial charge in [-0.1, -0.05) is 12.1 Å². The Labute approximate surface area is 123 Å². The summed E-state index contributed by atoms with van der Waals surface area (Å²) >= 11 is 0. The van der Waals surface area contributed by atoms with Crippen LogP contribution in [0.2, 0.25) is 0 Å². The van der Waals surface area contributed by atoms with E-state index >= 15 is 0 Å². The molecule has 2 rings (SSSR count). The maximum absolute atomic E-state index is 12.4. The van der Waals surface area contributed by atoms with Gasteiger partial charge in [0.15, 0.2) is 0 Å². The van der Waals surface area contributed by atoms with Crippen LogP contribution in [-0.4, -0.2) is 53.8 Å². The molecule has 0 aromatic heterocycles. The van der Waals surface area contributed by atoms with Crippen molar-refractivity contribution < 1.29 is 18.3 Å². The van der Waals surface area contributed by atoms with E-state index in [1.807, 2.05) is 26.0 Å². The van der Waals surface area contributed by atoms with Crippen molar-refractivity contribution in [2.75, 3.05) is 32.7 Å². The summed E-state index contributed by atoms with van der Waals surface area (Å²) in [5, 5.41) is 10.0. The molecule has 0 saturated carbocycles. The first-order valence-corrected chi connectivity index (χ1v) is 7.09. The van der Waals surface area contributed by atoms with Gasteiger partial charge in [-0.05, 0) is 25.5 Å². The van der Waals surface area contributed by atoms with Crippen molar-refractivity contribution in [2.45, 2.75) is 26.1 Å². The number of hydrogen-bond donors (Lipinski definition) is 1. The highest BCUT2D eigenvalue weighted by Crippen LogP contribution is 2.30. The van der Waals surface area contributed by atoms with Gasteiger partial charge in [0.2, 0.25) is 0 Å².